The van der Waals surface area contributed by atoms with Gasteiger partial charge in [0.2, 0.25) is 0 Å². The molecule has 1 atom stereocenters. The van der Waals surface area contributed by atoms with Crippen LogP contribution in [0.2, 0.25) is 0 Å². The summed E-state index contributed by atoms with van der Waals surface area (Å²) in [5.41, 5.74) is 7.78. The van der Waals surface area contributed by atoms with Crippen LogP contribution in [0, 0.1) is 19.7 Å². The molecule has 3 heteroatoms. The first kappa shape index (κ1) is 10.9. The van der Waals surface area contributed by atoms with Crippen molar-refractivity contribution in [3.63, 3.8) is 0 Å². The normalized spacial score (nSPS) is 12.8. The van der Waals surface area contributed by atoms with E-state index in [-0.39, 0.29) is 11.9 Å². The van der Waals surface area contributed by atoms with Gasteiger partial charge < -0.3 is 10.2 Å². The lowest BCUT2D eigenvalue weighted by Gasteiger charge is -2.12. The number of benzene rings is 1. The van der Waals surface area contributed by atoms with Gasteiger partial charge in [-0.3, -0.25) is 0 Å². The summed E-state index contributed by atoms with van der Waals surface area (Å²) in [6.45, 7) is 3.71. The maximum atomic E-state index is 13.0. The van der Waals surface area contributed by atoms with Crippen LogP contribution in [0.3, 0.4) is 0 Å². The van der Waals surface area contributed by atoms with E-state index in [9.17, 15) is 4.39 Å². The lowest BCUT2D eigenvalue weighted by Crippen LogP contribution is -2.12. The number of hydrogen-bond acceptors (Lipinski definition) is 2. The summed E-state index contributed by atoms with van der Waals surface area (Å²) in [7, 11) is 0. The van der Waals surface area contributed by atoms with Gasteiger partial charge in [-0.15, -0.1) is 0 Å². The fourth-order valence-corrected chi connectivity index (χ4v) is 1.76. The monoisotopic (exact) mass is 219 g/mol. The molecular weight excluding hydrogens is 205 g/mol. The maximum Gasteiger partial charge on any atom is 0.125 e. The Morgan fingerprint density at radius 2 is 1.94 bits per heavy atom. The van der Waals surface area contributed by atoms with Crippen LogP contribution in [-0.2, 0) is 0 Å². The van der Waals surface area contributed by atoms with Crippen LogP contribution in [0.4, 0.5) is 4.39 Å². The van der Waals surface area contributed by atoms with Gasteiger partial charge in [0.1, 0.15) is 17.3 Å². The Labute approximate surface area is 93.9 Å². The first-order chi connectivity index (χ1) is 7.58. The fraction of sp³-hybridized carbons (Fsp3) is 0.231. The molecule has 0 radical (unpaired) electrons. The van der Waals surface area contributed by atoms with Crippen LogP contribution < -0.4 is 5.73 Å². The number of hydrogen-bond donors (Lipinski definition) is 1. The predicted octanol–water partition coefficient (Wildman–Crippen LogP) is 3.08. The standard InChI is InChI=1S/C13H14FNO/c1-8-7-10(14)4-5-11(8)13(15)12-6-3-9(2)16-12/h3-7,13H,15H2,1-2H3. The number of halogens is 1. The van der Waals surface area contributed by atoms with Gasteiger partial charge in [-0.2, -0.15) is 0 Å². The van der Waals surface area contributed by atoms with E-state index in [4.69, 9.17) is 10.2 Å². The van der Waals surface area contributed by atoms with Crippen molar-refractivity contribution in [3.8, 4) is 0 Å². The average Bonchev–Trinajstić information content (AvgIpc) is 2.64. The molecule has 2 aromatic rings. The lowest BCUT2D eigenvalue weighted by atomic mass is 10.0. The molecule has 1 aromatic carbocycles. The molecule has 0 aliphatic heterocycles. The van der Waals surface area contributed by atoms with Crippen LogP contribution in [0.25, 0.3) is 0 Å². The SMILES string of the molecule is Cc1ccc(C(N)c2ccc(F)cc2C)o1. The zero-order valence-corrected chi connectivity index (χ0v) is 9.33. The Hall–Kier alpha value is -1.61. The molecule has 0 aliphatic carbocycles. The molecule has 0 spiro atoms. The minimum atomic E-state index is -0.339. The van der Waals surface area contributed by atoms with Crippen LogP contribution in [0.1, 0.15) is 28.7 Å². The zero-order valence-electron chi connectivity index (χ0n) is 9.33. The molecular formula is C13H14FNO. The minimum Gasteiger partial charge on any atom is -0.464 e. The third-order valence-electron chi connectivity index (χ3n) is 2.63. The lowest BCUT2D eigenvalue weighted by molar-refractivity contribution is 0.465. The summed E-state index contributed by atoms with van der Waals surface area (Å²) in [5, 5.41) is 0. The average molecular weight is 219 g/mol. The second-order valence-electron chi connectivity index (χ2n) is 3.93. The summed E-state index contributed by atoms with van der Waals surface area (Å²) < 4.78 is 18.4. The molecule has 2 nitrogen and oxygen atoms in total. The molecule has 2 N–H and O–H groups in total. The molecule has 0 aliphatic rings. The molecule has 0 fully saturated rings. The highest BCUT2D eigenvalue weighted by Crippen LogP contribution is 2.24. The van der Waals surface area contributed by atoms with E-state index in [2.05, 4.69) is 0 Å². The molecule has 1 unspecified atom stereocenters. The predicted molar refractivity (Wildman–Crippen MR) is 60.6 cm³/mol. The van der Waals surface area contributed by atoms with E-state index in [0.717, 1.165) is 16.9 Å². The summed E-state index contributed by atoms with van der Waals surface area (Å²) in [5.74, 6) is 1.28. The number of nitrogens with two attached hydrogens (primary N) is 1. The van der Waals surface area contributed by atoms with Crippen molar-refractivity contribution < 1.29 is 8.81 Å². The maximum absolute atomic E-state index is 13.0. The molecule has 0 saturated carbocycles. The molecule has 0 bridgehead atoms. The van der Waals surface area contributed by atoms with Gasteiger partial charge in [0, 0.05) is 0 Å². The number of aryl methyl sites for hydroxylation is 2. The van der Waals surface area contributed by atoms with Crippen molar-refractivity contribution in [2.45, 2.75) is 19.9 Å². The van der Waals surface area contributed by atoms with Crippen LogP contribution >= 0.6 is 0 Å². The Morgan fingerprint density at radius 3 is 2.50 bits per heavy atom. The van der Waals surface area contributed by atoms with Gasteiger partial charge >= 0.3 is 0 Å². The van der Waals surface area contributed by atoms with Crippen molar-refractivity contribution in [2.24, 2.45) is 5.73 Å². The van der Waals surface area contributed by atoms with Crippen LogP contribution in [0.5, 0.6) is 0 Å². The molecule has 0 saturated heterocycles. The highest BCUT2D eigenvalue weighted by Gasteiger charge is 2.14. The van der Waals surface area contributed by atoms with Gasteiger partial charge in [0.05, 0.1) is 6.04 Å². The van der Waals surface area contributed by atoms with Crippen molar-refractivity contribution in [3.05, 3.63) is 58.8 Å². The Morgan fingerprint density at radius 1 is 1.19 bits per heavy atom. The van der Waals surface area contributed by atoms with Crippen molar-refractivity contribution in [1.29, 1.82) is 0 Å². The smallest absolute Gasteiger partial charge is 0.125 e. The second-order valence-corrected chi connectivity index (χ2v) is 3.93. The first-order valence-electron chi connectivity index (χ1n) is 5.16. The second kappa shape index (κ2) is 4.10. The third-order valence-corrected chi connectivity index (χ3v) is 2.63. The molecule has 16 heavy (non-hydrogen) atoms. The van der Waals surface area contributed by atoms with Gasteiger partial charge in [0.25, 0.3) is 0 Å². The molecule has 1 aromatic heterocycles. The summed E-state index contributed by atoms with van der Waals surface area (Å²) in [4.78, 5) is 0. The quantitative estimate of drug-likeness (QED) is 0.843. The van der Waals surface area contributed by atoms with Gasteiger partial charge in [-0.25, -0.2) is 4.39 Å². The van der Waals surface area contributed by atoms with Crippen molar-refractivity contribution >= 4 is 0 Å². The fourth-order valence-electron chi connectivity index (χ4n) is 1.76. The first-order valence-corrected chi connectivity index (χ1v) is 5.16. The molecule has 1 heterocycles. The summed E-state index contributed by atoms with van der Waals surface area (Å²) in [6.07, 6.45) is 0. The van der Waals surface area contributed by atoms with Gasteiger partial charge in [-0.1, -0.05) is 6.07 Å². The highest BCUT2D eigenvalue weighted by molar-refractivity contribution is 5.33. The highest BCUT2D eigenvalue weighted by atomic mass is 19.1. The van der Waals surface area contributed by atoms with E-state index in [1.54, 1.807) is 6.07 Å². The minimum absolute atomic E-state index is 0.246. The number of rotatable bonds is 2. The van der Waals surface area contributed by atoms with Gasteiger partial charge in [-0.05, 0) is 49.2 Å². The van der Waals surface area contributed by atoms with Crippen LogP contribution in [-0.4, -0.2) is 0 Å². The summed E-state index contributed by atoms with van der Waals surface area (Å²) in [6, 6.07) is 7.97. The largest absolute Gasteiger partial charge is 0.464 e. The Balaban J connectivity index is 2.37. The van der Waals surface area contributed by atoms with E-state index >= 15 is 0 Å². The Kier molecular flexibility index (Phi) is 2.79. The topological polar surface area (TPSA) is 39.2 Å². The molecule has 84 valence electrons. The number of furan rings is 1. The Bertz CT molecular complexity index is 504. The molecule has 0 amide bonds. The van der Waals surface area contributed by atoms with E-state index in [1.165, 1.54) is 12.1 Å². The van der Waals surface area contributed by atoms with E-state index < -0.39 is 0 Å². The third kappa shape index (κ3) is 1.99. The summed E-state index contributed by atoms with van der Waals surface area (Å²) >= 11 is 0. The van der Waals surface area contributed by atoms with Crippen molar-refractivity contribution in [2.75, 3.05) is 0 Å². The van der Waals surface area contributed by atoms with E-state index in [1.807, 2.05) is 26.0 Å². The van der Waals surface area contributed by atoms with Crippen LogP contribution in [0.15, 0.2) is 34.7 Å². The van der Waals surface area contributed by atoms with Crippen molar-refractivity contribution in [1.82, 2.24) is 0 Å². The zero-order chi connectivity index (χ0) is 11.7. The van der Waals surface area contributed by atoms with Gasteiger partial charge in [0.15, 0.2) is 0 Å². The molecule has 2 rings (SSSR count). The van der Waals surface area contributed by atoms with E-state index in [0.29, 0.717) is 5.76 Å².